The fourth-order valence-corrected chi connectivity index (χ4v) is 2.95. The Labute approximate surface area is 157 Å². The number of hydrogen-bond donors (Lipinski definition) is 0. The molecule has 4 rings (SSSR count). The number of halogens is 1. The lowest BCUT2D eigenvalue weighted by Gasteiger charge is -2.04. The van der Waals surface area contributed by atoms with E-state index < -0.39 is 0 Å². The van der Waals surface area contributed by atoms with Crippen LogP contribution < -0.4 is 0 Å². The maximum Gasteiger partial charge on any atom is 0.343 e. The average molecular weight is 359 g/mol. The molecule has 0 radical (unpaired) electrons. The van der Waals surface area contributed by atoms with Crippen molar-refractivity contribution in [2.45, 2.75) is 0 Å². The summed E-state index contributed by atoms with van der Waals surface area (Å²) in [6, 6.07) is 25.5. The van der Waals surface area contributed by atoms with E-state index in [0.29, 0.717) is 16.4 Å². The molecular formula is C23H15ClO2. The molecule has 0 saturated heterocycles. The largest absolute Gasteiger partial charge is 0.422 e. The van der Waals surface area contributed by atoms with Gasteiger partial charge in [0.05, 0.1) is 5.57 Å². The molecule has 0 unspecified atom stereocenters. The van der Waals surface area contributed by atoms with E-state index >= 15 is 0 Å². The second-order valence-corrected chi connectivity index (χ2v) is 6.43. The van der Waals surface area contributed by atoms with E-state index in [1.165, 1.54) is 0 Å². The van der Waals surface area contributed by atoms with Crippen LogP contribution in [-0.2, 0) is 9.53 Å². The molecule has 1 aliphatic heterocycles. The van der Waals surface area contributed by atoms with Crippen LogP contribution in [0.4, 0.5) is 0 Å². The van der Waals surface area contributed by atoms with E-state index in [9.17, 15) is 4.79 Å². The van der Waals surface area contributed by atoms with Gasteiger partial charge < -0.3 is 4.74 Å². The van der Waals surface area contributed by atoms with Crippen molar-refractivity contribution in [2.75, 3.05) is 0 Å². The minimum atomic E-state index is -0.345. The van der Waals surface area contributed by atoms with Gasteiger partial charge in [0.2, 0.25) is 0 Å². The van der Waals surface area contributed by atoms with Crippen molar-refractivity contribution in [3.63, 3.8) is 0 Å². The first-order valence-electron chi connectivity index (χ1n) is 8.26. The minimum absolute atomic E-state index is 0.345. The van der Waals surface area contributed by atoms with Gasteiger partial charge in [0.25, 0.3) is 0 Å². The Balaban J connectivity index is 1.60. The lowest BCUT2D eigenvalue weighted by atomic mass is 10.0. The lowest BCUT2D eigenvalue weighted by Crippen LogP contribution is -1.97. The van der Waals surface area contributed by atoms with E-state index in [1.54, 1.807) is 24.3 Å². The number of benzene rings is 3. The molecule has 126 valence electrons. The third kappa shape index (κ3) is 3.46. The maximum absolute atomic E-state index is 12.1. The number of cyclic esters (lactones) is 1. The maximum atomic E-state index is 12.1. The number of rotatable bonds is 3. The van der Waals surface area contributed by atoms with Gasteiger partial charge >= 0.3 is 5.97 Å². The number of hydrogen-bond acceptors (Lipinski definition) is 2. The standard InChI is InChI=1S/C23H15ClO2/c24-21-12-6-16(7-13-21)14-20-15-22(26-23(20)25)19-10-8-18(9-11-19)17-4-2-1-3-5-17/h1-15H. The third-order valence-electron chi connectivity index (χ3n) is 4.19. The molecule has 0 bridgehead atoms. The van der Waals surface area contributed by atoms with Gasteiger partial charge in [-0.2, -0.15) is 0 Å². The summed E-state index contributed by atoms with van der Waals surface area (Å²) < 4.78 is 5.43. The van der Waals surface area contributed by atoms with Crippen molar-refractivity contribution in [2.24, 2.45) is 0 Å². The monoisotopic (exact) mass is 358 g/mol. The molecule has 2 nitrogen and oxygen atoms in total. The third-order valence-corrected chi connectivity index (χ3v) is 4.45. The number of esters is 1. The fourth-order valence-electron chi connectivity index (χ4n) is 2.83. The highest BCUT2D eigenvalue weighted by Gasteiger charge is 2.21. The lowest BCUT2D eigenvalue weighted by molar-refractivity contribution is -0.130. The van der Waals surface area contributed by atoms with Gasteiger partial charge in [-0.15, -0.1) is 0 Å². The molecule has 1 aliphatic rings. The van der Waals surface area contributed by atoms with Crippen molar-refractivity contribution >= 4 is 29.4 Å². The molecule has 3 heteroatoms. The zero-order chi connectivity index (χ0) is 17.9. The highest BCUT2D eigenvalue weighted by Crippen LogP contribution is 2.29. The van der Waals surface area contributed by atoms with Gasteiger partial charge in [-0.05, 0) is 41.0 Å². The second kappa shape index (κ2) is 7.03. The Hall–Kier alpha value is -3.10. The van der Waals surface area contributed by atoms with Crippen LogP contribution in [0.3, 0.4) is 0 Å². The number of carbonyl (C=O) groups is 1. The SMILES string of the molecule is O=C1OC(c2ccc(-c3ccccc3)cc2)=CC1=Cc1ccc(Cl)cc1. The van der Waals surface area contributed by atoms with Crippen LogP contribution >= 0.6 is 11.6 Å². The van der Waals surface area contributed by atoms with E-state index in [2.05, 4.69) is 12.1 Å². The van der Waals surface area contributed by atoms with Crippen LogP contribution in [0.5, 0.6) is 0 Å². The Morgan fingerprint density at radius 1 is 0.731 bits per heavy atom. The zero-order valence-corrected chi connectivity index (χ0v) is 14.6. The summed E-state index contributed by atoms with van der Waals surface area (Å²) in [6.07, 6.45) is 3.57. The Morgan fingerprint density at radius 2 is 1.35 bits per heavy atom. The Morgan fingerprint density at radius 3 is 2.04 bits per heavy atom. The molecule has 3 aromatic carbocycles. The van der Waals surface area contributed by atoms with Crippen molar-refractivity contribution in [1.82, 2.24) is 0 Å². The summed E-state index contributed by atoms with van der Waals surface area (Å²) in [5, 5.41) is 0.663. The smallest absolute Gasteiger partial charge is 0.343 e. The molecule has 3 aromatic rings. The minimum Gasteiger partial charge on any atom is -0.422 e. The molecule has 26 heavy (non-hydrogen) atoms. The van der Waals surface area contributed by atoms with E-state index in [-0.39, 0.29) is 5.97 Å². The topological polar surface area (TPSA) is 26.3 Å². The van der Waals surface area contributed by atoms with Crippen LogP contribution in [0.25, 0.3) is 23.0 Å². The first-order valence-corrected chi connectivity index (χ1v) is 8.64. The molecule has 0 spiro atoms. The van der Waals surface area contributed by atoms with Crippen molar-refractivity contribution in [3.8, 4) is 11.1 Å². The first-order chi connectivity index (χ1) is 12.7. The molecule has 0 aliphatic carbocycles. The number of carbonyl (C=O) groups excluding carboxylic acids is 1. The van der Waals surface area contributed by atoms with Crippen LogP contribution in [0.1, 0.15) is 11.1 Å². The first kappa shape index (κ1) is 16.4. The van der Waals surface area contributed by atoms with Crippen molar-refractivity contribution in [1.29, 1.82) is 0 Å². The van der Waals surface area contributed by atoms with E-state index in [1.807, 2.05) is 54.6 Å². The molecule has 0 aromatic heterocycles. The fraction of sp³-hybridized carbons (Fsp3) is 0. The van der Waals surface area contributed by atoms with Gasteiger partial charge in [-0.25, -0.2) is 4.79 Å². The van der Waals surface area contributed by atoms with E-state index in [0.717, 1.165) is 22.3 Å². The quantitative estimate of drug-likeness (QED) is 0.424. The van der Waals surface area contributed by atoms with Crippen LogP contribution in [0.15, 0.2) is 90.5 Å². The van der Waals surface area contributed by atoms with Gasteiger partial charge in [-0.3, -0.25) is 0 Å². The van der Waals surface area contributed by atoms with Gasteiger partial charge in [0.1, 0.15) is 5.76 Å². The summed E-state index contributed by atoms with van der Waals surface area (Å²) in [5.41, 5.74) is 4.57. The highest BCUT2D eigenvalue weighted by atomic mass is 35.5. The van der Waals surface area contributed by atoms with Gasteiger partial charge in [0, 0.05) is 10.6 Å². The van der Waals surface area contributed by atoms with Crippen molar-refractivity contribution in [3.05, 3.63) is 107 Å². The van der Waals surface area contributed by atoms with Crippen LogP contribution in [0, 0.1) is 0 Å². The summed E-state index contributed by atoms with van der Waals surface area (Å²) in [6.45, 7) is 0. The van der Waals surface area contributed by atoms with Crippen LogP contribution in [0.2, 0.25) is 5.02 Å². The predicted molar refractivity (Wildman–Crippen MR) is 105 cm³/mol. The van der Waals surface area contributed by atoms with Crippen molar-refractivity contribution < 1.29 is 9.53 Å². The predicted octanol–water partition coefficient (Wildman–Crippen LogP) is 5.99. The van der Waals surface area contributed by atoms with Gasteiger partial charge in [-0.1, -0.05) is 78.3 Å². The molecular weight excluding hydrogens is 344 g/mol. The normalized spacial score (nSPS) is 15.0. The van der Waals surface area contributed by atoms with E-state index in [4.69, 9.17) is 16.3 Å². The summed E-state index contributed by atoms with van der Waals surface area (Å²) in [4.78, 5) is 12.1. The molecule has 0 amide bonds. The average Bonchev–Trinajstić information content (AvgIpc) is 3.05. The Bertz CT molecular complexity index is 998. The van der Waals surface area contributed by atoms with Gasteiger partial charge in [0.15, 0.2) is 0 Å². The molecule has 0 N–H and O–H groups in total. The molecule has 0 atom stereocenters. The molecule has 1 heterocycles. The molecule has 0 saturated carbocycles. The zero-order valence-electron chi connectivity index (χ0n) is 13.9. The highest BCUT2D eigenvalue weighted by molar-refractivity contribution is 6.30. The molecule has 0 fully saturated rings. The summed E-state index contributed by atoms with van der Waals surface area (Å²) >= 11 is 5.89. The number of ether oxygens (including phenoxy) is 1. The Kier molecular flexibility index (Phi) is 4.42. The second-order valence-electron chi connectivity index (χ2n) is 5.99. The summed E-state index contributed by atoms with van der Waals surface area (Å²) in [7, 11) is 0. The summed E-state index contributed by atoms with van der Waals surface area (Å²) in [5.74, 6) is 0.219. The van der Waals surface area contributed by atoms with Crippen LogP contribution in [-0.4, -0.2) is 5.97 Å².